The number of ether oxygens (including phenoxy) is 1. The van der Waals surface area contributed by atoms with Gasteiger partial charge in [-0.15, -0.1) is 0 Å². The first-order valence-corrected chi connectivity index (χ1v) is 7.00. The summed E-state index contributed by atoms with van der Waals surface area (Å²) in [6.45, 7) is 3.45. The van der Waals surface area contributed by atoms with E-state index in [0.29, 0.717) is 5.75 Å². The Hall–Kier alpha value is -0.860. The maximum absolute atomic E-state index is 11.5. The first-order valence-electron chi connectivity index (χ1n) is 5.92. The molecule has 4 N–H and O–H groups in total. The molecule has 1 amide bonds. The van der Waals surface area contributed by atoms with Gasteiger partial charge in [0.25, 0.3) is 0 Å². The molecule has 0 saturated heterocycles. The molecule has 1 aromatic rings. The maximum atomic E-state index is 11.5. The molecule has 0 heterocycles. The van der Waals surface area contributed by atoms with Gasteiger partial charge < -0.3 is 20.9 Å². The molecule has 1 unspecified atom stereocenters. The van der Waals surface area contributed by atoms with E-state index in [1.165, 1.54) is 0 Å². The van der Waals surface area contributed by atoms with Gasteiger partial charge in [0, 0.05) is 10.1 Å². The first-order chi connectivity index (χ1) is 8.79. The quantitative estimate of drug-likeness (QED) is 0.642. The minimum Gasteiger partial charge on any atom is -0.491 e. The fourth-order valence-corrected chi connectivity index (χ4v) is 1.58. The molecule has 5 nitrogen and oxygen atoms in total. The number of aliphatic hydroxyl groups is 1. The number of benzene rings is 1. The molecule has 0 radical (unpaired) electrons. The van der Waals surface area contributed by atoms with E-state index in [-0.39, 0.29) is 19.1 Å². The molecule has 0 aliphatic carbocycles. The highest BCUT2D eigenvalue weighted by molar-refractivity contribution is 14.1. The fraction of sp³-hybridized carbons (Fsp3) is 0.462. The SMILES string of the molecule is CC(C)(N)C(=O)NCC(O)COc1ccc(I)cc1. The zero-order valence-corrected chi connectivity index (χ0v) is 13.2. The van der Waals surface area contributed by atoms with E-state index in [0.717, 1.165) is 3.57 Å². The normalized spacial score (nSPS) is 12.9. The highest BCUT2D eigenvalue weighted by Crippen LogP contribution is 2.13. The molecule has 0 fully saturated rings. The molecule has 0 aliphatic heterocycles. The molecular formula is C13H19IN2O3. The van der Waals surface area contributed by atoms with Crippen LogP contribution < -0.4 is 15.8 Å². The summed E-state index contributed by atoms with van der Waals surface area (Å²) in [6.07, 6.45) is -0.773. The first kappa shape index (κ1) is 16.2. The second-order valence-corrected chi connectivity index (χ2v) is 6.10. The van der Waals surface area contributed by atoms with E-state index >= 15 is 0 Å². The van der Waals surface area contributed by atoms with E-state index in [1.54, 1.807) is 13.8 Å². The summed E-state index contributed by atoms with van der Waals surface area (Å²) >= 11 is 2.20. The number of aliphatic hydroxyl groups excluding tert-OH is 1. The Labute approximate surface area is 126 Å². The van der Waals surface area contributed by atoms with Crippen molar-refractivity contribution in [2.75, 3.05) is 13.2 Å². The minimum atomic E-state index is -0.948. The molecule has 1 rings (SSSR count). The topological polar surface area (TPSA) is 84.6 Å². The third kappa shape index (κ3) is 6.22. The molecule has 0 spiro atoms. The number of hydrogen-bond acceptors (Lipinski definition) is 4. The minimum absolute atomic E-state index is 0.115. The molecule has 0 saturated carbocycles. The summed E-state index contributed by atoms with van der Waals surface area (Å²) in [4.78, 5) is 11.5. The predicted octanol–water partition coefficient (Wildman–Crippen LogP) is 0.884. The molecule has 1 atom stereocenters. The molecule has 6 heteroatoms. The average molecular weight is 378 g/mol. The van der Waals surface area contributed by atoms with E-state index in [2.05, 4.69) is 27.9 Å². The molecule has 0 aromatic heterocycles. The Kier molecular flexibility index (Phi) is 6.02. The smallest absolute Gasteiger partial charge is 0.239 e. The Morgan fingerprint density at radius 3 is 2.58 bits per heavy atom. The summed E-state index contributed by atoms with van der Waals surface area (Å²) in [7, 11) is 0. The van der Waals surface area contributed by atoms with Gasteiger partial charge in [-0.3, -0.25) is 4.79 Å². The van der Waals surface area contributed by atoms with E-state index < -0.39 is 11.6 Å². The number of nitrogens with one attached hydrogen (secondary N) is 1. The van der Waals surface area contributed by atoms with Crippen LogP contribution in [0, 0.1) is 3.57 Å². The third-order valence-electron chi connectivity index (χ3n) is 2.34. The Morgan fingerprint density at radius 1 is 1.47 bits per heavy atom. The third-order valence-corrected chi connectivity index (χ3v) is 3.06. The van der Waals surface area contributed by atoms with Crippen molar-refractivity contribution >= 4 is 28.5 Å². The number of halogens is 1. The maximum Gasteiger partial charge on any atom is 0.239 e. The summed E-state index contributed by atoms with van der Waals surface area (Å²) in [5.74, 6) is 0.380. The molecule has 1 aromatic carbocycles. The molecule has 106 valence electrons. The lowest BCUT2D eigenvalue weighted by molar-refractivity contribution is -0.125. The summed E-state index contributed by atoms with van der Waals surface area (Å²) < 4.78 is 6.52. The Balaban J connectivity index is 2.30. The van der Waals surface area contributed by atoms with Crippen LogP contribution in [0.1, 0.15) is 13.8 Å². The van der Waals surface area contributed by atoms with E-state index in [9.17, 15) is 9.90 Å². The largest absolute Gasteiger partial charge is 0.491 e. The number of rotatable bonds is 6. The van der Waals surface area contributed by atoms with Gasteiger partial charge in [-0.05, 0) is 60.7 Å². The summed E-state index contributed by atoms with van der Waals surface area (Å²) in [5.41, 5.74) is 4.67. The van der Waals surface area contributed by atoms with Gasteiger partial charge in [0.2, 0.25) is 5.91 Å². The second kappa shape index (κ2) is 7.06. The highest BCUT2D eigenvalue weighted by Gasteiger charge is 2.22. The van der Waals surface area contributed by atoms with Crippen LogP contribution in [0.2, 0.25) is 0 Å². The standard InChI is InChI=1S/C13H19IN2O3/c1-13(2,15)12(18)16-7-10(17)8-19-11-5-3-9(14)4-6-11/h3-6,10,17H,7-8,15H2,1-2H3,(H,16,18). The van der Waals surface area contributed by atoms with Gasteiger partial charge in [-0.1, -0.05) is 0 Å². The molecule has 0 aliphatic rings. The van der Waals surface area contributed by atoms with Gasteiger partial charge in [-0.25, -0.2) is 0 Å². The van der Waals surface area contributed by atoms with E-state index in [1.807, 2.05) is 24.3 Å². The second-order valence-electron chi connectivity index (χ2n) is 4.85. The fourth-order valence-electron chi connectivity index (χ4n) is 1.22. The lowest BCUT2D eigenvalue weighted by Crippen LogP contribution is -2.51. The summed E-state index contributed by atoms with van der Waals surface area (Å²) in [6, 6.07) is 7.49. The number of carbonyl (C=O) groups is 1. The van der Waals surface area contributed by atoms with Crippen molar-refractivity contribution < 1.29 is 14.6 Å². The molecular weight excluding hydrogens is 359 g/mol. The zero-order valence-electron chi connectivity index (χ0n) is 11.0. The van der Waals surface area contributed by atoms with Crippen molar-refractivity contribution in [2.24, 2.45) is 5.73 Å². The van der Waals surface area contributed by atoms with Crippen molar-refractivity contribution in [3.8, 4) is 5.75 Å². The van der Waals surface area contributed by atoms with E-state index in [4.69, 9.17) is 10.5 Å². The summed E-state index contributed by atoms with van der Waals surface area (Å²) in [5, 5.41) is 12.3. The zero-order chi connectivity index (χ0) is 14.5. The Bertz CT molecular complexity index is 415. The van der Waals surface area contributed by atoms with Crippen molar-refractivity contribution in [2.45, 2.75) is 25.5 Å². The van der Waals surface area contributed by atoms with Crippen molar-refractivity contribution in [1.82, 2.24) is 5.32 Å². The van der Waals surface area contributed by atoms with Crippen molar-refractivity contribution in [3.05, 3.63) is 27.8 Å². The van der Waals surface area contributed by atoms with Gasteiger partial charge in [0.15, 0.2) is 0 Å². The molecule has 0 bridgehead atoms. The van der Waals surface area contributed by atoms with Gasteiger partial charge in [0.05, 0.1) is 5.54 Å². The average Bonchev–Trinajstić information content (AvgIpc) is 2.34. The van der Waals surface area contributed by atoms with Crippen molar-refractivity contribution in [1.29, 1.82) is 0 Å². The van der Waals surface area contributed by atoms with Crippen LogP contribution in [0.3, 0.4) is 0 Å². The van der Waals surface area contributed by atoms with Crippen LogP contribution in [0.4, 0.5) is 0 Å². The predicted molar refractivity (Wildman–Crippen MR) is 81.9 cm³/mol. The van der Waals surface area contributed by atoms with Crippen molar-refractivity contribution in [3.63, 3.8) is 0 Å². The van der Waals surface area contributed by atoms with Crippen LogP contribution in [-0.2, 0) is 4.79 Å². The number of amides is 1. The number of nitrogens with two attached hydrogens (primary N) is 1. The highest BCUT2D eigenvalue weighted by atomic mass is 127. The van der Waals surface area contributed by atoms with Gasteiger partial charge in [0.1, 0.15) is 18.5 Å². The van der Waals surface area contributed by atoms with Crippen LogP contribution in [-0.4, -0.2) is 35.8 Å². The van der Waals surface area contributed by atoms with Gasteiger partial charge >= 0.3 is 0 Å². The van der Waals surface area contributed by atoms with Crippen LogP contribution in [0.25, 0.3) is 0 Å². The number of carbonyl (C=O) groups excluding carboxylic acids is 1. The van der Waals surface area contributed by atoms with Crippen LogP contribution in [0.15, 0.2) is 24.3 Å². The Morgan fingerprint density at radius 2 is 2.05 bits per heavy atom. The van der Waals surface area contributed by atoms with Crippen LogP contribution >= 0.6 is 22.6 Å². The lowest BCUT2D eigenvalue weighted by atomic mass is 10.1. The lowest BCUT2D eigenvalue weighted by Gasteiger charge is -2.19. The van der Waals surface area contributed by atoms with Crippen LogP contribution in [0.5, 0.6) is 5.75 Å². The van der Waals surface area contributed by atoms with Gasteiger partial charge in [-0.2, -0.15) is 0 Å². The molecule has 19 heavy (non-hydrogen) atoms. The number of hydrogen-bond donors (Lipinski definition) is 3. The monoisotopic (exact) mass is 378 g/mol.